The Balaban J connectivity index is 1.57. The van der Waals surface area contributed by atoms with Gasteiger partial charge >= 0.3 is 0 Å². The van der Waals surface area contributed by atoms with Crippen molar-refractivity contribution < 1.29 is 9.18 Å². The zero-order chi connectivity index (χ0) is 18.1. The van der Waals surface area contributed by atoms with Gasteiger partial charge in [-0.25, -0.2) is 14.4 Å². The number of benzene rings is 2. The molecule has 0 aliphatic carbocycles. The van der Waals surface area contributed by atoms with Crippen LogP contribution in [0.15, 0.2) is 54.7 Å². The zero-order valence-corrected chi connectivity index (χ0v) is 14.6. The van der Waals surface area contributed by atoms with Gasteiger partial charge in [-0.1, -0.05) is 23.7 Å². The van der Waals surface area contributed by atoms with Gasteiger partial charge in [0.1, 0.15) is 5.82 Å². The first kappa shape index (κ1) is 16.7. The fourth-order valence-corrected chi connectivity index (χ4v) is 3.16. The summed E-state index contributed by atoms with van der Waals surface area (Å²) in [6.07, 6.45) is 2.35. The first-order chi connectivity index (χ1) is 12.6. The van der Waals surface area contributed by atoms with E-state index in [2.05, 4.69) is 9.97 Å². The summed E-state index contributed by atoms with van der Waals surface area (Å²) >= 11 is 5.92. The number of fused-ring (bicyclic) bond motifs is 1. The molecule has 0 bridgehead atoms. The highest BCUT2D eigenvalue weighted by Gasteiger charge is 2.25. The molecule has 0 fully saturated rings. The Morgan fingerprint density at radius 1 is 1.12 bits per heavy atom. The molecule has 26 heavy (non-hydrogen) atoms. The second-order valence-electron chi connectivity index (χ2n) is 6.13. The van der Waals surface area contributed by atoms with E-state index in [9.17, 15) is 9.18 Å². The first-order valence-corrected chi connectivity index (χ1v) is 8.64. The molecule has 6 heteroatoms. The molecular formula is C20H15ClFN3O. The van der Waals surface area contributed by atoms with Crippen LogP contribution in [0, 0.1) is 5.82 Å². The standard InChI is InChI=1S/C20H15ClFN3O/c21-15-7-5-13(6-8-15)19-23-11-14-12-25(10-9-18(14)24-19)20(26)16-3-1-2-4-17(16)22/h1-8,11H,9-10,12H2. The molecule has 0 unspecified atom stereocenters. The number of halogens is 2. The molecule has 2 heterocycles. The van der Waals surface area contributed by atoms with Crippen molar-refractivity contribution in [2.24, 2.45) is 0 Å². The van der Waals surface area contributed by atoms with Crippen LogP contribution in [0.2, 0.25) is 5.02 Å². The van der Waals surface area contributed by atoms with Gasteiger partial charge in [0.2, 0.25) is 0 Å². The van der Waals surface area contributed by atoms with Gasteiger partial charge in [-0.3, -0.25) is 4.79 Å². The number of carbonyl (C=O) groups is 1. The molecule has 2 aromatic carbocycles. The normalized spacial score (nSPS) is 13.4. The van der Waals surface area contributed by atoms with Crippen LogP contribution in [0.1, 0.15) is 21.6 Å². The molecule has 0 N–H and O–H groups in total. The maximum absolute atomic E-state index is 13.9. The highest BCUT2D eigenvalue weighted by molar-refractivity contribution is 6.30. The molecule has 130 valence electrons. The highest BCUT2D eigenvalue weighted by Crippen LogP contribution is 2.23. The van der Waals surface area contributed by atoms with E-state index >= 15 is 0 Å². The van der Waals surface area contributed by atoms with Gasteiger partial charge < -0.3 is 4.90 Å². The largest absolute Gasteiger partial charge is 0.334 e. The second-order valence-corrected chi connectivity index (χ2v) is 6.57. The van der Waals surface area contributed by atoms with Crippen molar-refractivity contribution in [1.82, 2.24) is 14.9 Å². The summed E-state index contributed by atoms with van der Waals surface area (Å²) in [5, 5.41) is 0.661. The summed E-state index contributed by atoms with van der Waals surface area (Å²) in [4.78, 5) is 23.3. The average molecular weight is 368 g/mol. The van der Waals surface area contributed by atoms with Crippen molar-refractivity contribution >= 4 is 17.5 Å². The van der Waals surface area contributed by atoms with Crippen LogP contribution in [0.5, 0.6) is 0 Å². The van der Waals surface area contributed by atoms with Crippen molar-refractivity contribution in [3.05, 3.63) is 82.4 Å². The van der Waals surface area contributed by atoms with Crippen molar-refractivity contribution in [3.8, 4) is 11.4 Å². The van der Waals surface area contributed by atoms with Crippen molar-refractivity contribution in [2.45, 2.75) is 13.0 Å². The van der Waals surface area contributed by atoms with E-state index < -0.39 is 5.82 Å². The molecular weight excluding hydrogens is 353 g/mol. The second kappa shape index (κ2) is 6.84. The van der Waals surface area contributed by atoms with Gasteiger partial charge in [-0.15, -0.1) is 0 Å². The maximum atomic E-state index is 13.9. The lowest BCUT2D eigenvalue weighted by Gasteiger charge is -2.28. The topological polar surface area (TPSA) is 46.1 Å². The third-order valence-corrected chi connectivity index (χ3v) is 4.68. The quantitative estimate of drug-likeness (QED) is 0.684. The summed E-state index contributed by atoms with van der Waals surface area (Å²) in [5.41, 5.74) is 2.79. The number of hydrogen-bond donors (Lipinski definition) is 0. The van der Waals surface area contributed by atoms with Crippen LogP contribution >= 0.6 is 11.6 Å². The van der Waals surface area contributed by atoms with Crippen molar-refractivity contribution in [1.29, 1.82) is 0 Å². The fraction of sp³-hybridized carbons (Fsp3) is 0.150. The number of nitrogens with zero attached hydrogens (tertiary/aromatic N) is 3. The lowest BCUT2D eigenvalue weighted by molar-refractivity contribution is 0.0728. The Hall–Kier alpha value is -2.79. The third kappa shape index (κ3) is 3.18. The van der Waals surface area contributed by atoms with E-state index in [0.29, 0.717) is 30.4 Å². The van der Waals surface area contributed by atoms with E-state index in [-0.39, 0.29) is 11.5 Å². The van der Waals surface area contributed by atoms with Gasteiger partial charge in [0.15, 0.2) is 5.82 Å². The minimum absolute atomic E-state index is 0.0923. The summed E-state index contributed by atoms with van der Waals surface area (Å²) in [7, 11) is 0. The number of amides is 1. The van der Waals surface area contributed by atoms with Crippen LogP contribution in [0.25, 0.3) is 11.4 Å². The fourth-order valence-electron chi connectivity index (χ4n) is 3.03. The van der Waals surface area contributed by atoms with E-state index in [0.717, 1.165) is 16.8 Å². The van der Waals surface area contributed by atoms with Crippen LogP contribution in [0.4, 0.5) is 4.39 Å². The van der Waals surface area contributed by atoms with E-state index in [1.54, 1.807) is 35.4 Å². The molecule has 0 saturated heterocycles. The van der Waals surface area contributed by atoms with Crippen LogP contribution in [-0.4, -0.2) is 27.3 Å². The molecule has 1 amide bonds. The van der Waals surface area contributed by atoms with E-state index in [4.69, 9.17) is 11.6 Å². The first-order valence-electron chi connectivity index (χ1n) is 8.26. The van der Waals surface area contributed by atoms with Crippen molar-refractivity contribution in [3.63, 3.8) is 0 Å². The van der Waals surface area contributed by atoms with Gasteiger partial charge in [0.05, 0.1) is 11.3 Å². The van der Waals surface area contributed by atoms with Gasteiger partial charge in [0, 0.05) is 41.9 Å². The minimum Gasteiger partial charge on any atom is -0.334 e. The molecule has 0 saturated carbocycles. The average Bonchev–Trinajstić information content (AvgIpc) is 2.67. The predicted molar refractivity (Wildman–Crippen MR) is 97.3 cm³/mol. The van der Waals surface area contributed by atoms with Crippen LogP contribution in [-0.2, 0) is 13.0 Å². The van der Waals surface area contributed by atoms with E-state index in [1.165, 1.54) is 12.1 Å². The molecule has 1 aliphatic heterocycles. The Morgan fingerprint density at radius 2 is 1.88 bits per heavy atom. The van der Waals surface area contributed by atoms with Gasteiger partial charge in [0.25, 0.3) is 5.91 Å². The smallest absolute Gasteiger partial charge is 0.257 e. The molecule has 3 aromatic rings. The lowest BCUT2D eigenvalue weighted by Crippen LogP contribution is -2.37. The molecule has 0 radical (unpaired) electrons. The maximum Gasteiger partial charge on any atom is 0.257 e. The lowest BCUT2D eigenvalue weighted by atomic mass is 10.1. The SMILES string of the molecule is O=C(c1ccccc1F)N1CCc2nc(-c3ccc(Cl)cc3)ncc2C1. The monoisotopic (exact) mass is 367 g/mol. The van der Waals surface area contributed by atoms with E-state index in [1.807, 2.05) is 12.1 Å². The Labute approximate surface area is 155 Å². The molecule has 1 aromatic heterocycles. The summed E-state index contributed by atoms with van der Waals surface area (Å²) in [6.45, 7) is 0.876. The third-order valence-electron chi connectivity index (χ3n) is 4.43. The number of carbonyl (C=O) groups excluding carboxylic acids is 1. The van der Waals surface area contributed by atoms with Gasteiger partial charge in [-0.2, -0.15) is 0 Å². The number of hydrogen-bond acceptors (Lipinski definition) is 3. The Bertz CT molecular complexity index is 975. The molecule has 0 atom stereocenters. The molecule has 1 aliphatic rings. The van der Waals surface area contributed by atoms with Crippen LogP contribution in [0.3, 0.4) is 0 Å². The van der Waals surface area contributed by atoms with Gasteiger partial charge in [-0.05, 0) is 36.4 Å². The Morgan fingerprint density at radius 3 is 2.65 bits per heavy atom. The number of rotatable bonds is 2. The summed E-state index contributed by atoms with van der Waals surface area (Å²) < 4.78 is 13.9. The molecule has 4 nitrogen and oxygen atoms in total. The number of aromatic nitrogens is 2. The zero-order valence-electron chi connectivity index (χ0n) is 13.8. The minimum atomic E-state index is -0.502. The Kier molecular flexibility index (Phi) is 4.39. The van der Waals surface area contributed by atoms with Crippen molar-refractivity contribution in [2.75, 3.05) is 6.54 Å². The summed E-state index contributed by atoms with van der Waals surface area (Å²) in [6, 6.07) is 13.4. The predicted octanol–water partition coefficient (Wildman–Crippen LogP) is 4.13. The summed E-state index contributed by atoms with van der Waals surface area (Å²) in [5.74, 6) is -0.178. The highest BCUT2D eigenvalue weighted by atomic mass is 35.5. The van der Waals surface area contributed by atoms with Crippen LogP contribution < -0.4 is 0 Å². The molecule has 4 rings (SSSR count). The molecule has 0 spiro atoms.